The number of morpholine rings is 1. The minimum atomic E-state index is -0.0427. The fourth-order valence-electron chi connectivity index (χ4n) is 3.67. The third-order valence-electron chi connectivity index (χ3n) is 5.32. The number of likely N-dealkylation sites (N-methyl/N-ethyl adjacent to an activating group) is 1. The van der Waals surface area contributed by atoms with Crippen molar-refractivity contribution in [1.82, 2.24) is 4.90 Å². The summed E-state index contributed by atoms with van der Waals surface area (Å²) in [7, 11) is 1.83. The third kappa shape index (κ3) is 4.94. The van der Waals surface area contributed by atoms with Crippen LogP contribution in [0, 0.1) is 0 Å². The van der Waals surface area contributed by atoms with Crippen molar-refractivity contribution >= 4 is 17.7 Å². The first kappa shape index (κ1) is 20.3. The lowest BCUT2D eigenvalue weighted by Gasteiger charge is -2.31. The zero-order valence-electron chi connectivity index (χ0n) is 17.4. The van der Waals surface area contributed by atoms with E-state index in [0.717, 1.165) is 55.4 Å². The van der Waals surface area contributed by atoms with Crippen LogP contribution < -0.4 is 14.4 Å². The zero-order chi connectivity index (χ0) is 20.8. The Morgan fingerprint density at radius 1 is 1.03 bits per heavy atom. The summed E-state index contributed by atoms with van der Waals surface area (Å²) in [6, 6.07) is 14.0. The quantitative estimate of drug-likeness (QED) is 0.710. The van der Waals surface area contributed by atoms with E-state index in [-0.39, 0.29) is 5.91 Å². The van der Waals surface area contributed by atoms with Crippen LogP contribution in [0.1, 0.15) is 17.5 Å². The molecular formula is C24H28N2O4. The Morgan fingerprint density at radius 2 is 1.80 bits per heavy atom. The van der Waals surface area contributed by atoms with Gasteiger partial charge in [-0.25, -0.2) is 0 Å². The predicted octanol–water partition coefficient (Wildman–Crippen LogP) is 3.36. The molecule has 2 aromatic rings. The fraction of sp³-hybridized carbons (Fsp3) is 0.375. The summed E-state index contributed by atoms with van der Waals surface area (Å²) in [5.41, 5.74) is 3.22. The number of hydrogen-bond donors (Lipinski definition) is 0. The molecule has 158 valence electrons. The second-order valence-electron chi connectivity index (χ2n) is 7.51. The number of carbonyl (C=O) groups excluding carboxylic acids is 1. The molecule has 2 aromatic carbocycles. The number of benzene rings is 2. The van der Waals surface area contributed by atoms with Gasteiger partial charge in [0, 0.05) is 44.9 Å². The molecule has 0 aliphatic carbocycles. The smallest absolute Gasteiger partial charge is 0.246 e. The highest BCUT2D eigenvalue weighted by atomic mass is 16.5. The van der Waals surface area contributed by atoms with Crippen LogP contribution in [0.15, 0.2) is 48.5 Å². The average Bonchev–Trinajstić information content (AvgIpc) is 3.03. The molecule has 1 fully saturated rings. The van der Waals surface area contributed by atoms with Gasteiger partial charge < -0.3 is 24.0 Å². The molecule has 2 aliphatic heterocycles. The average molecular weight is 408 g/mol. The fourth-order valence-corrected chi connectivity index (χ4v) is 3.67. The number of ether oxygens (including phenoxy) is 3. The highest BCUT2D eigenvalue weighted by Crippen LogP contribution is 2.30. The molecular weight excluding hydrogens is 380 g/mol. The molecule has 0 unspecified atom stereocenters. The van der Waals surface area contributed by atoms with Crippen molar-refractivity contribution in [2.75, 3.05) is 51.5 Å². The van der Waals surface area contributed by atoms with Gasteiger partial charge >= 0.3 is 0 Å². The number of nitrogens with zero attached hydrogens (tertiary/aromatic N) is 2. The minimum absolute atomic E-state index is 0.0427. The Morgan fingerprint density at radius 3 is 2.63 bits per heavy atom. The first-order valence-electron chi connectivity index (χ1n) is 10.4. The minimum Gasteiger partial charge on any atom is -0.490 e. The van der Waals surface area contributed by atoms with Crippen molar-refractivity contribution < 1.29 is 19.0 Å². The SMILES string of the molecule is CN(Cc1ccccc1N1CCOCC1)C(=O)C=Cc1ccc2c(c1)OCCCO2. The first-order valence-corrected chi connectivity index (χ1v) is 10.4. The molecule has 6 nitrogen and oxygen atoms in total. The van der Waals surface area contributed by atoms with E-state index in [1.165, 1.54) is 5.69 Å². The van der Waals surface area contributed by atoms with E-state index in [0.29, 0.717) is 19.8 Å². The van der Waals surface area contributed by atoms with Crippen molar-refractivity contribution in [2.24, 2.45) is 0 Å². The van der Waals surface area contributed by atoms with Gasteiger partial charge in [-0.1, -0.05) is 24.3 Å². The Kier molecular flexibility index (Phi) is 6.54. The van der Waals surface area contributed by atoms with E-state index in [1.54, 1.807) is 11.0 Å². The van der Waals surface area contributed by atoms with Crippen molar-refractivity contribution in [3.05, 3.63) is 59.7 Å². The topological polar surface area (TPSA) is 51.2 Å². The first-order chi connectivity index (χ1) is 14.7. The summed E-state index contributed by atoms with van der Waals surface area (Å²) in [4.78, 5) is 16.8. The van der Waals surface area contributed by atoms with Gasteiger partial charge in [-0.2, -0.15) is 0 Å². The van der Waals surface area contributed by atoms with Crippen LogP contribution >= 0.6 is 0 Å². The molecule has 30 heavy (non-hydrogen) atoms. The summed E-state index contributed by atoms with van der Waals surface area (Å²) >= 11 is 0. The number of para-hydroxylation sites is 1. The molecule has 0 aromatic heterocycles. The van der Waals surface area contributed by atoms with Crippen LogP contribution in [-0.2, 0) is 16.1 Å². The van der Waals surface area contributed by atoms with E-state index in [4.69, 9.17) is 14.2 Å². The predicted molar refractivity (Wildman–Crippen MR) is 117 cm³/mol. The highest BCUT2D eigenvalue weighted by molar-refractivity contribution is 5.91. The highest BCUT2D eigenvalue weighted by Gasteiger charge is 2.16. The van der Waals surface area contributed by atoms with E-state index >= 15 is 0 Å². The summed E-state index contributed by atoms with van der Waals surface area (Å²) in [6.45, 7) is 5.08. The molecule has 1 amide bonds. The third-order valence-corrected chi connectivity index (χ3v) is 5.32. The van der Waals surface area contributed by atoms with Crippen LogP contribution in [0.5, 0.6) is 11.5 Å². The maximum Gasteiger partial charge on any atom is 0.246 e. The van der Waals surface area contributed by atoms with E-state index in [2.05, 4.69) is 17.0 Å². The monoisotopic (exact) mass is 408 g/mol. The van der Waals surface area contributed by atoms with Gasteiger partial charge in [0.2, 0.25) is 5.91 Å². The van der Waals surface area contributed by atoms with Crippen molar-refractivity contribution in [3.8, 4) is 11.5 Å². The molecule has 2 aliphatic rings. The summed E-state index contributed by atoms with van der Waals surface area (Å²) in [5, 5.41) is 0. The van der Waals surface area contributed by atoms with E-state index in [1.807, 2.05) is 43.5 Å². The molecule has 4 rings (SSSR count). The standard InChI is InChI=1S/C24H28N2O4/c1-25(18-20-5-2-3-6-21(20)26-11-15-28-16-12-26)24(27)10-8-19-7-9-22-23(17-19)30-14-4-13-29-22/h2-3,5-10,17H,4,11-16,18H2,1H3. The molecule has 2 heterocycles. The van der Waals surface area contributed by atoms with Crippen LogP contribution in [0.3, 0.4) is 0 Å². The Balaban J connectivity index is 1.41. The Bertz CT molecular complexity index is 906. The summed E-state index contributed by atoms with van der Waals surface area (Å²) in [6.07, 6.45) is 4.30. The van der Waals surface area contributed by atoms with Crippen molar-refractivity contribution in [3.63, 3.8) is 0 Å². The molecule has 0 saturated carbocycles. The van der Waals surface area contributed by atoms with Gasteiger partial charge in [-0.3, -0.25) is 4.79 Å². The number of hydrogen-bond acceptors (Lipinski definition) is 5. The molecule has 1 saturated heterocycles. The molecule has 0 N–H and O–H groups in total. The largest absolute Gasteiger partial charge is 0.490 e. The van der Waals surface area contributed by atoms with Crippen molar-refractivity contribution in [2.45, 2.75) is 13.0 Å². The molecule has 0 atom stereocenters. The van der Waals surface area contributed by atoms with Gasteiger partial charge in [0.25, 0.3) is 0 Å². The van der Waals surface area contributed by atoms with Gasteiger partial charge in [-0.15, -0.1) is 0 Å². The van der Waals surface area contributed by atoms with Gasteiger partial charge in [-0.05, 0) is 35.4 Å². The Hall–Kier alpha value is -2.99. The van der Waals surface area contributed by atoms with Crippen LogP contribution in [0.2, 0.25) is 0 Å². The lowest BCUT2D eigenvalue weighted by Crippen LogP contribution is -2.37. The molecule has 0 radical (unpaired) electrons. The van der Waals surface area contributed by atoms with Crippen LogP contribution in [-0.4, -0.2) is 57.4 Å². The number of amides is 1. The second kappa shape index (κ2) is 9.67. The maximum atomic E-state index is 12.7. The maximum absolute atomic E-state index is 12.7. The molecule has 0 bridgehead atoms. The van der Waals surface area contributed by atoms with Crippen LogP contribution in [0.4, 0.5) is 5.69 Å². The lowest BCUT2D eigenvalue weighted by atomic mass is 10.1. The Labute approximate surface area is 177 Å². The zero-order valence-corrected chi connectivity index (χ0v) is 17.4. The van der Waals surface area contributed by atoms with Gasteiger partial charge in [0.05, 0.1) is 26.4 Å². The van der Waals surface area contributed by atoms with Crippen molar-refractivity contribution in [1.29, 1.82) is 0 Å². The lowest BCUT2D eigenvalue weighted by molar-refractivity contribution is -0.125. The normalized spacial score (nSPS) is 16.4. The van der Waals surface area contributed by atoms with Gasteiger partial charge in [0.1, 0.15) is 0 Å². The molecule has 6 heteroatoms. The molecule has 0 spiro atoms. The van der Waals surface area contributed by atoms with E-state index in [9.17, 15) is 4.79 Å². The number of fused-ring (bicyclic) bond motifs is 1. The van der Waals surface area contributed by atoms with E-state index < -0.39 is 0 Å². The number of rotatable bonds is 5. The summed E-state index contributed by atoms with van der Waals surface area (Å²) < 4.78 is 16.8. The number of anilines is 1. The van der Waals surface area contributed by atoms with Gasteiger partial charge in [0.15, 0.2) is 11.5 Å². The van der Waals surface area contributed by atoms with Crippen LogP contribution in [0.25, 0.3) is 6.08 Å². The summed E-state index contributed by atoms with van der Waals surface area (Å²) in [5.74, 6) is 1.45. The second-order valence-corrected chi connectivity index (χ2v) is 7.51. The number of carbonyl (C=O) groups is 1.